The Morgan fingerprint density at radius 1 is 1.44 bits per heavy atom. The second-order valence-corrected chi connectivity index (χ2v) is 4.00. The molecule has 2 heterocycles. The van der Waals surface area contributed by atoms with E-state index >= 15 is 0 Å². The van der Waals surface area contributed by atoms with Crippen molar-refractivity contribution < 1.29 is 0 Å². The zero-order chi connectivity index (χ0) is 13.0. The summed E-state index contributed by atoms with van der Waals surface area (Å²) in [5, 5.41) is 12.2. The van der Waals surface area contributed by atoms with Crippen LogP contribution in [0.3, 0.4) is 0 Å². The SMILES string of the molecule is CCNCc1cnc(-n2ccnc2C#N)c(C)c1. The topological polar surface area (TPSA) is 66.5 Å². The van der Waals surface area contributed by atoms with Gasteiger partial charge < -0.3 is 5.32 Å². The van der Waals surface area contributed by atoms with E-state index in [-0.39, 0.29) is 0 Å². The van der Waals surface area contributed by atoms with Crippen LogP contribution in [0, 0.1) is 18.3 Å². The molecule has 5 heteroatoms. The van der Waals surface area contributed by atoms with Gasteiger partial charge in [0.25, 0.3) is 0 Å². The predicted octanol–water partition coefficient (Wildman–Crippen LogP) is 1.56. The summed E-state index contributed by atoms with van der Waals surface area (Å²) in [6.07, 6.45) is 5.18. The molecule has 92 valence electrons. The molecule has 0 amide bonds. The number of aromatic nitrogens is 3. The molecule has 0 aromatic carbocycles. The fourth-order valence-electron chi connectivity index (χ4n) is 1.80. The third kappa shape index (κ3) is 2.39. The maximum atomic E-state index is 8.96. The molecule has 0 aliphatic carbocycles. The van der Waals surface area contributed by atoms with Gasteiger partial charge in [0, 0.05) is 25.1 Å². The van der Waals surface area contributed by atoms with Crippen LogP contribution in [0.2, 0.25) is 0 Å². The third-order valence-corrected chi connectivity index (χ3v) is 2.66. The molecule has 0 radical (unpaired) electrons. The molecule has 5 nitrogen and oxygen atoms in total. The number of aryl methyl sites for hydroxylation is 1. The highest BCUT2D eigenvalue weighted by atomic mass is 15.1. The molecule has 2 rings (SSSR count). The highest BCUT2D eigenvalue weighted by molar-refractivity contribution is 5.38. The summed E-state index contributed by atoms with van der Waals surface area (Å²) in [6.45, 7) is 5.79. The molecule has 0 aliphatic heterocycles. The van der Waals surface area contributed by atoms with Crippen LogP contribution in [0.5, 0.6) is 0 Å². The van der Waals surface area contributed by atoms with Crippen molar-refractivity contribution in [1.29, 1.82) is 5.26 Å². The molecule has 18 heavy (non-hydrogen) atoms. The summed E-state index contributed by atoms with van der Waals surface area (Å²) in [7, 11) is 0. The molecular weight excluding hydrogens is 226 g/mol. The van der Waals surface area contributed by atoms with Crippen molar-refractivity contribution >= 4 is 0 Å². The fourth-order valence-corrected chi connectivity index (χ4v) is 1.80. The molecule has 0 aliphatic rings. The highest BCUT2D eigenvalue weighted by Gasteiger charge is 2.08. The van der Waals surface area contributed by atoms with Crippen molar-refractivity contribution in [3.8, 4) is 11.9 Å². The average molecular weight is 241 g/mol. The molecule has 2 aromatic heterocycles. The Morgan fingerprint density at radius 3 is 2.94 bits per heavy atom. The second-order valence-electron chi connectivity index (χ2n) is 4.00. The monoisotopic (exact) mass is 241 g/mol. The summed E-state index contributed by atoms with van der Waals surface area (Å²) >= 11 is 0. The number of imidazole rings is 1. The molecule has 1 N–H and O–H groups in total. The predicted molar refractivity (Wildman–Crippen MR) is 68.2 cm³/mol. The van der Waals surface area contributed by atoms with E-state index in [1.165, 1.54) is 0 Å². The molecule has 0 spiro atoms. The van der Waals surface area contributed by atoms with E-state index in [1.807, 2.05) is 19.2 Å². The van der Waals surface area contributed by atoms with Gasteiger partial charge in [-0.15, -0.1) is 0 Å². The largest absolute Gasteiger partial charge is 0.313 e. The Bertz CT molecular complexity index is 579. The van der Waals surface area contributed by atoms with E-state index in [1.54, 1.807) is 17.0 Å². The minimum absolute atomic E-state index is 0.352. The van der Waals surface area contributed by atoms with Gasteiger partial charge >= 0.3 is 0 Å². The molecule has 0 atom stereocenters. The number of nitrogens with zero attached hydrogens (tertiary/aromatic N) is 4. The van der Waals surface area contributed by atoms with Gasteiger partial charge in [-0.3, -0.25) is 4.57 Å². The van der Waals surface area contributed by atoms with Gasteiger partial charge in [0.2, 0.25) is 5.82 Å². The Morgan fingerprint density at radius 2 is 2.28 bits per heavy atom. The lowest BCUT2D eigenvalue weighted by Gasteiger charge is -2.09. The van der Waals surface area contributed by atoms with Gasteiger partial charge in [0.05, 0.1) is 0 Å². The van der Waals surface area contributed by atoms with Gasteiger partial charge in [0.1, 0.15) is 11.9 Å². The third-order valence-electron chi connectivity index (χ3n) is 2.66. The lowest BCUT2D eigenvalue weighted by molar-refractivity contribution is 0.722. The van der Waals surface area contributed by atoms with E-state index in [9.17, 15) is 0 Å². The number of nitriles is 1. The molecule has 0 unspecified atom stereocenters. The Labute approximate surface area is 106 Å². The molecule has 2 aromatic rings. The van der Waals surface area contributed by atoms with Crippen LogP contribution in [0.25, 0.3) is 5.82 Å². The van der Waals surface area contributed by atoms with E-state index in [4.69, 9.17) is 5.26 Å². The van der Waals surface area contributed by atoms with Crippen LogP contribution in [0.1, 0.15) is 23.9 Å². The van der Waals surface area contributed by atoms with Crippen molar-refractivity contribution in [2.75, 3.05) is 6.54 Å². The first-order valence-corrected chi connectivity index (χ1v) is 5.86. The standard InChI is InChI=1S/C13H15N5/c1-3-15-8-11-6-10(2)13(17-9-11)18-5-4-16-12(18)7-14/h4-6,9,15H,3,8H2,1-2H3. The van der Waals surface area contributed by atoms with E-state index in [2.05, 4.69) is 28.3 Å². The Balaban J connectivity index is 2.33. The highest BCUT2D eigenvalue weighted by Crippen LogP contribution is 2.14. The normalized spacial score (nSPS) is 10.3. The van der Waals surface area contributed by atoms with Crippen molar-refractivity contribution in [3.63, 3.8) is 0 Å². The van der Waals surface area contributed by atoms with Gasteiger partial charge in [0.15, 0.2) is 0 Å². The number of hydrogen-bond acceptors (Lipinski definition) is 4. The number of rotatable bonds is 4. The maximum Gasteiger partial charge on any atom is 0.218 e. The van der Waals surface area contributed by atoms with Crippen LogP contribution < -0.4 is 5.32 Å². The fraction of sp³-hybridized carbons (Fsp3) is 0.308. The van der Waals surface area contributed by atoms with Crippen molar-refractivity contribution in [3.05, 3.63) is 41.6 Å². The summed E-state index contributed by atoms with van der Waals surface area (Å²) in [6, 6.07) is 4.13. The smallest absolute Gasteiger partial charge is 0.218 e. The van der Waals surface area contributed by atoms with E-state index in [0.717, 1.165) is 30.0 Å². The first kappa shape index (κ1) is 12.3. The quantitative estimate of drug-likeness (QED) is 0.882. The summed E-state index contributed by atoms with van der Waals surface area (Å²) < 4.78 is 1.70. The van der Waals surface area contributed by atoms with Crippen molar-refractivity contribution in [1.82, 2.24) is 19.9 Å². The molecule has 0 bridgehead atoms. The van der Waals surface area contributed by atoms with Crippen LogP contribution in [0.15, 0.2) is 24.7 Å². The van der Waals surface area contributed by atoms with Gasteiger partial charge in [-0.1, -0.05) is 6.92 Å². The van der Waals surface area contributed by atoms with Crippen LogP contribution in [-0.2, 0) is 6.54 Å². The maximum absolute atomic E-state index is 8.96. The Hall–Kier alpha value is -2.19. The number of nitrogens with one attached hydrogen (secondary N) is 1. The molecule has 0 saturated heterocycles. The lowest BCUT2D eigenvalue weighted by Crippen LogP contribution is -2.12. The van der Waals surface area contributed by atoms with Crippen LogP contribution in [0.4, 0.5) is 0 Å². The second kappa shape index (κ2) is 5.43. The average Bonchev–Trinajstić information content (AvgIpc) is 2.84. The van der Waals surface area contributed by atoms with Crippen molar-refractivity contribution in [2.24, 2.45) is 0 Å². The van der Waals surface area contributed by atoms with E-state index in [0.29, 0.717) is 5.82 Å². The molecule has 0 saturated carbocycles. The molecular formula is C13H15N5. The van der Waals surface area contributed by atoms with Crippen LogP contribution in [-0.4, -0.2) is 21.1 Å². The Kier molecular flexibility index (Phi) is 3.70. The first-order valence-electron chi connectivity index (χ1n) is 5.86. The minimum atomic E-state index is 0.352. The molecule has 0 fully saturated rings. The van der Waals surface area contributed by atoms with Crippen molar-refractivity contribution in [2.45, 2.75) is 20.4 Å². The van der Waals surface area contributed by atoms with Crippen LogP contribution >= 0.6 is 0 Å². The summed E-state index contributed by atoms with van der Waals surface area (Å²) in [5.74, 6) is 1.11. The van der Waals surface area contributed by atoms with Gasteiger partial charge in [-0.25, -0.2) is 9.97 Å². The van der Waals surface area contributed by atoms with E-state index < -0.39 is 0 Å². The summed E-state index contributed by atoms with van der Waals surface area (Å²) in [4.78, 5) is 8.39. The minimum Gasteiger partial charge on any atom is -0.313 e. The summed E-state index contributed by atoms with van der Waals surface area (Å²) in [5.41, 5.74) is 2.16. The van der Waals surface area contributed by atoms with Gasteiger partial charge in [-0.05, 0) is 30.7 Å². The lowest BCUT2D eigenvalue weighted by atomic mass is 10.2. The number of hydrogen-bond donors (Lipinski definition) is 1. The first-order chi connectivity index (χ1) is 8.76. The number of pyridine rings is 1. The van der Waals surface area contributed by atoms with Gasteiger partial charge in [-0.2, -0.15) is 5.26 Å². The zero-order valence-corrected chi connectivity index (χ0v) is 10.5. The zero-order valence-electron chi connectivity index (χ0n) is 10.5.